The molecule has 1 N–H and O–H groups in total. The molecule has 6 nitrogen and oxygen atoms in total. The van der Waals surface area contributed by atoms with E-state index in [0.717, 1.165) is 9.65 Å². The fourth-order valence-corrected chi connectivity index (χ4v) is 3.19. The fourth-order valence-electron chi connectivity index (χ4n) is 1.92. The van der Waals surface area contributed by atoms with Gasteiger partial charge in [0, 0.05) is 6.07 Å². The average Bonchev–Trinajstić information content (AvgIpc) is 2.82. The van der Waals surface area contributed by atoms with E-state index in [9.17, 15) is 13.2 Å². The predicted octanol–water partition coefficient (Wildman–Crippen LogP) is 1.27. The molecule has 1 aromatic carbocycles. The van der Waals surface area contributed by atoms with Gasteiger partial charge in [0.25, 0.3) is 10.0 Å². The molecule has 0 aliphatic carbocycles. The molecule has 3 rings (SSSR count). The SMILES string of the molecule is Cc1ccc(S(=O)(=O)n2ncc3[nH]c(=O)ccc32)cc1. The van der Waals surface area contributed by atoms with Crippen molar-refractivity contribution in [3.8, 4) is 0 Å². The molecule has 0 saturated heterocycles. The molecule has 0 atom stereocenters. The van der Waals surface area contributed by atoms with Crippen LogP contribution in [0.5, 0.6) is 0 Å². The van der Waals surface area contributed by atoms with Crippen molar-refractivity contribution >= 4 is 21.1 Å². The second kappa shape index (κ2) is 4.31. The summed E-state index contributed by atoms with van der Waals surface area (Å²) in [5, 5.41) is 3.87. The Kier molecular flexibility index (Phi) is 2.72. The molecule has 2 heterocycles. The molecule has 2 aromatic heterocycles. The maximum Gasteiger partial charge on any atom is 0.283 e. The Labute approximate surface area is 114 Å². The van der Waals surface area contributed by atoms with Crippen molar-refractivity contribution < 1.29 is 8.42 Å². The highest BCUT2D eigenvalue weighted by Crippen LogP contribution is 2.18. The van der Waals surface area contributed by atoms with Crippen LogP contribution in [-0.2, 0) is 10.0 Å². The first-order chi connectivity index (χ1) is 9.48. The summed E-state index contributed by atoms with van der Waals surface area (Å²) < 4.78 is 25.9. The van der Waals surface area contributed by atoms with Crippen LogP contribution in [0.4, 0.5) is 0 Å². The van der Waals surface area contributed by atoms with Gasteiger partial charge in [-0.25, -0.2) is 0 Å². The van der Waals surface area contributed by atoms with Crippen molar-refractivity contribution in [3.63, 3.8) is 0 Å². The van der Waals surface area contributed by atoms with E-state index in [1.54, 1.807) is 12.1 Å². The van der Waals surface area contributed by atoms with Crippen molar-refractivity contribution in [2.45, 2.75) is 11.8 Å². The lowest BCUT2D eigenvalue weighted by Crippen LogP contribution is -2.14. The molecule has 0 aliphatic rings. The predicted molar refractivity (Wildman–Crippen MR) is 74.1 cm³/mol. The normalized spacial score (nSPS) is 11.8. The number of hydrogen-bond acceptors (Lipinski definition) is 4. The molecule has 7 heteroatoms. The number of aromatic amines is 1. The third-order valence-electron chi connectivity index (χ3n) is 2.97. The van der Waals surface area contributed by atoms with Gasteiger partial charge in [0.1, 0.15) is 5.52 Å². The van der Waals surface area contributed by atoms with Crippen molar-refractivity contribution in [1.82, 2.24) is 14.2 Å². The minimum absolute atomic E-state index is 0.152. The Morgan fingerprint density at radius 3 is 2.50 bits per heavy atom. The number of fused-ring (bicyclic) bond motifs is 1. The molecule has 0 bridgehead atoms. The van der Waals surface area contributed by atoms with Gasteiger partial charge in [-0.1, -0.05) is 17.7 Å². The zero-order valence-corrected chi connectivity index (χ0v) is 11.4. The molecule has 20 heavy (non-hydrogen) atoms. The summed E-state index contributed by atoms with van der Waals surface area (Å²) in [6, 6.07) is 9.21. The van der Waals surface area contributed by atoms with Crippen molar-refractivity contribution in [2.24, 2.45) is 0 Å². The topological polar surface area (TPSA) is 84.8 Å². The van der Waals surface area contributed by atoms with Crippen LogP contribution in [0.3, 0.4) is 0 Å². The second-order valence-corrected chi connectivity index (χ2v) is 6.19. The van der Waals surface area contributed by atoms with Gasteiger partial charge in [-0.05, 0) is 25.1 Å². The molecular formula is C13H11N3O3S. The van der Waals surface area contributed by atoms with Gasteiger partial charge in [-0.3, -0.25) is 4.79 Å². The summed E-state index contributed by atoms with van der Waals surface area (Å²) in [5.41, 5.74) is 1.39. The maximum atomic E-state index is 12.5. The Balaban J connectivity index is 2.24. The van der Waals surface area contributed by atoms with Crippen LogP contribution in [0.1, 0.15) is 5.56 Å². The highest BCUT2D eigenvalue weighted by Gasteiger charge is 2.20. The van der Waals surface area contributed by atoms with Crippen LogP contribution in [0, 0.1) is 6.92 Å². The number of aryl methyl sites for hydroxylation is 1. The van der Waals surface area contributed by atoms with Gasteiger partial charge >= 0.3 is 0 Å². The van der Waals surface area contributed by atoms with E-state index in [1.165, 1.54) is 30.5 Å². The monoisotopic (exact) mass is 289 g/mol. The third-order valence-corrected chi connectivity index (χ3v) is 4.58. The van der Waals surface area contributed by atoms with E-state index in [2.05, 4.69) is 10.1 Å². The summed E-state index contributed by atoms with van der Waals surface area (Å²) in [7, 11) is -3.77. The number of H-pyrrole nitrogens is 1. The van der Waals surface area contributed by atoms with Crippen LogP contribution >= 0.6 is 0 Å². The van der Waals surface area contributed by atoms with E-state index >= 15 is 0 Å². The third kappa shape index (κ3) is 1.92. The largest absolute Gasteiger partial charge is 0.319 e. The van der Waals surface area contributed by atoms with Gasteiger partial charge < -0.3 is 4.98 Å². The van der Waals surface area contributed by atoms with E-state index in [0.29, 0.717) is 11.0 Å². The van der Waals surface area contributed by atoms with E-state index in [-0.39, 0.29) is 10.5 Å². The number of benzene rings is 1. The molecule has 0 fully saturated rings. The minimum atomic E-state index is -3.77. The van der Waals surface area contributed by atoms with Crippen LogP contribution in [0.25, 0.3) is 11.0 Å². The van der Waals surface area contributed by atoms with Crippen molar-refractivity contribution in [2.75, 3.05) is 0 Å². The van der Waals surface area contributed by atoms with Crippen molar-refractivity contribution in [1.29, 1.82) is 0 Å². The van der Waals surface area contributed by atoms with Gasteiger partial charge in [-0.2, -0.15) is 17.6 Å². The van der Waals surface area contributed by atoms with Crippen molar-refractivity contribution in [3.05, 3.63) is 58.5 Å². The molecule has 0 radical (unpaired) electrons. The zero-order valence-electron chi connectivity index (χ0n) is 10.6. The van der Waals surface area contributed by atoms with Crippen LogP contribution in [0.2, 0.25) is 0 Å². The highest BCUT2D eigenvalue weighted by atomic mass is 32.2. The first-order valence-electron chi connectivity index (χ1n) is 5.88. The van der Waals surface area contributed by atoms with E-state index in [1.807, 2.05) is 6.92 Å². The Hall–Kier alpha value is -2.41. The van der Waals surface area contributed by atoms with E-state index in [4.69, 9.17) is 0 Å². The lowest BCUT2D eigenvalue weighted by atomic mass is 10.2. The first-order valence-corrected chi connectivity index (χ1v) is 7.32. The van der Waals surface area contributed by atoms with Gasteiger partial charge in [0.05, 0.1) is 16.6 Å². The fraction of sp³-hybridized carbons (Fsp3) is 0.0769. The molecule has 3 aromatic rings. The smallest absolute Gasteiger partial charge is 0.283 e. The standard InChI is InChI=1S/C13H11N3O3S/c1-9-2-4-10(5-3-9)20(18,19)16-12-6-7-13(17)15-11(12)8-14-16/h2-8H,1H3,(H,15,17). The minimum Gasteiger partial charge on any atom is -0.319 e. The number of pyridine rings is 1. The highest BCUT2D eigenvalue weighted by molar-refractivity contribution is 7.90. The van der Waals surface area contributed by atoms with E-state index < -0.39 is 10.0 Å². The lowest BCUT2D eigenvalue weighted by molar-refractivity contribution is 0.582. The first kappa shape index (κ1) is 12.6. The summed E-state index contributed by atoms with van der Waals surface area (Å²) in [6.45, 7) is 1.88. The summed E-state index contributed by atoms with van der Waals surface area (Å²) in [6.07, 6.45) is 1.32. The summed E-state index contributed by atoms with van der Waals surface area (Å²) in [5.74, 6) is 0. The number of nitrogens with zero attached hydrogens (tertiary/aromatic N) is 2. The maximum absolute atomic E-state index is 12.5. The molecule has 0 unspecified atom stereocenters. The molecule has 0 spiro atoms. The molecular weight excluding hydrogens is 278 g/mol. The van der Waals surface area contributed by atoms with Gasteiger partial charge in [0.2, 0.25) is 5.56 Å². The molecule has 102 valence electrons. The van der Waals surface area contributed by atoms with Crippen LogP contribution < -0.4 is 5.56 Å². The number of nitrogens with one attached hydrogen (secondary N) is 1. The Morgan fingerprint density at radius 2 is 1.80 bits per heavy atom. The average molecular weight is 289 g/mol. The molecule has 0 aliphatic heterocycles. The zero-order chi connectivity index (χ0) is 14.3. The molecule has 0 amide bonds. The Bertz CT molecular complexity index is 937. The lowest BCUT2D eigenvalue weighted by Gasteiger charge is -2.05. The second-order valence-electron chi connectivity index (χ2n) is 4.43. The summed E-state index contributed by atoms with van der Waals surface area (Å²) in [4.78, 5) is 13.9. The number of hydrogen-bond donors (Lipinski definition) is 1. The van der Waals surface area contributed by atoms with Gasteiger partial charge in [-0.15, -0.1) is 0 Å². The Morgan fingerprint density at radius 1 is 1.10 bits per heavy atom. The number of rotatable bonds is 2. The molecule has 0 saturated carbocycles. The quantitative estimate of drug-likeness (QED) is 0.770. The van der Waals surface area contributed by atoms with Gasteiger partial charge in [0.15, 0.2) is 0 Å². The summed E-state index contributed by atoms with van der Waals surface area (Å²) >= 11 is 0. The number of aromatic nitrogens is 3. The van der Waals surface area contributed by atoms with Crippen LogP contribution in [0.15, 0.2) is 52.3 Å². The van der Waals surface area contributed by atoms with Crippen LogP contribution in [-0.4, -0.2) is 22.6 Å².